The smallest absolute Gasteiger partial charge is 0.227 e. The maximum Gasteiger partial charge on any atom is 0.227 e. The van der Waals surface area contributed by atoms with Gasteiger partial charge in [0.1, 0.15) is 5.65 Å². The van der Waals surface area contributed by atoms with Crippen molar-refractivity contribution in [1.29, 1.82) is 0 Å². The van der Waals surface area contributed by atoms with Crippen LogP contribution in [0.4, 0.5) is 0 Å². The summed E-state index contributed by atoms with van der Waals surface area (Å²) >= 11 is 0. The Kier molecular flexibility index (Phi) is 5.79. The molecule has 2 aliphatic rings. The number of hydrogen-bond donors (Lipinski definition) is 1. The number of pyridine rings is 1. The Hall–Kier alpha value is -2.62. The summed E-state index contributed by atoms with van der Waals surface area (Å²) in [6.07, 6.45) is 9.64. The minimum absolute atomic E-state index is 0.0244. The number of aromatic nitrogens is 2. The van der Waals surface area contributed by atoms with Gasteiger partial charge in [-0.1, -0.05) is 37.1 Å². The fraction of sp³-hybridized carbons (Fsp3) is 0.500. The molecule has 0 radical (unpaired) electrons. The van der Waals surface area contributed by atoms with Crippen LogP contribution in [-0.2, 0) is 24.2 Å². The Morgan fingerprint density at radius 1 is 1.09 bits per heavy atom. The van der Waals surface area contributed by atoms with Crippen LogP contribution in [0.1, 0.15) is 78.1 Å². The molecule has 1 atom stereocenters. The molecule has 2 aromatic heterocycles. The van der Waals surface area contributed by atoms with Crippen molar-refractivity contribution in [2.45, 2.75) is 77.7 Å². The number of aryl methyl sites for hydroxylation is 3. The van der Waals surface area contributed by atoms with Crippen molar-refractivity contribution >= 4 is 16.9 Å². The van der Waals surface area contributed by atoms with Crippen LogP contribution in [0.3, 0.4) is 0 Å². The average molecular weight is 430 g/mol. The third-order valence-electron chi connectivity index (χ3n) is 7.73. The van der Waals surface area contributed by atoms with E-state index in [1.54, 1.807) is 7.05 Å². The number of nitrogens with one attached hydrogen (secondary N) is 1. The van der Waals surface area contributed by atoms with E-state index in [4.69, 9.17) is 4.98 Å². The number of rotatable bonds is 5. The van der Waals surface area contributed by atoms with E-state index in [0.717, 1.165) is 42.7 Å². The normalized spacial score (nSPS) is 17.5. The Labute approximate surface area is 191 Å². The molecule has 168 valence electrons. The summed E-state index contributed by atoms with van der Waals surface area (Å²) in [5.41, 5.74) is 9.02. The van der Waals surface area contributed by atoms with Crippen LogP contribution in [0.25, 0.3) is 11.0 Å². The molecule has 0 spiro atoms. The molecule has 1 aromatic carbocycles. The lowest BCUT2D eigenvalue weighted by Gasteiger charge is -2.22. The minimum atomic E-state index is -0.0244. The lowest BCUT2D eigenvalue weighted by molar-refractivity contribution is -0.123. The van der Waals surface area contributed by atoms with E-state index >= 15 is 0 Å². The number of hydrogen-bond acceptors (Lipinski definition) is 2. The van der Waals surface area contributed by atoms with Gasteiger partial charge in [0.25, 0.3) is 0 Å². The van der Waals surface area contributed by atoms with Crippen LogP contribution >= 0.6 is 0 Å². The van der Waals surface area contributed by atoms with Crippen LogP contribution in [-0.4, -0.2) is 22.5 Å². The second kappa shape index (κ2) is 8.73. The largest absolute Gasteiger partial charge is 0.359 e. The highest BCUT2D eigenvalue weighted by Crippen LogP contribution is 2.38. The molecule has 1 unspecified atom stereocenters. The fourth-order valence-corrected chi connectivity index (χ4v) is 6.24. The van der Waals surface area contributed by atoms with Crippen molar-refractivity contribution in [1.82, 2.24) is 14.9 Å². The van der Waals surface area contributed by atoms with Gasteiger partial charge < -0.3 is 9.88 Å². The maximum absolute atomic E-state index is 12.7. The van der Waals surface area contributed by atoms with Gasteiger partial charge in [-0.15, -0.1) is 0 Å². The molecule has 1 fully saturated rings. The first-order valence-corrected chi connectivity index (χ1v) is 12.4. The maximum atomic E-state index is 12.7. The number of carbonyl (C=O) groups is 1. The Morgan fingerprint density at radius 3 is 2.53 bits per heavy atom. The third-order valence-corrected chi connectivity index (χ3v) is 7.73. The molecular formula is C28H35N3O. The van der Waals surface area contributed by atoms with Gasteiger partial charge in [-0.05, 0) is 86.6 Å². The molecule has 2 heterocycles. The van der Waals surface area contributed by atoms with Crippen LogP contribution in [0.5, 0.6) is 0 Å². The number of likely N-dealkylation sites (N-methyl/N-ethyl adjacent to an activating group) is 1. The number of fused-ring (bicyclic) bond motifs is 3. The lowest BCUT2D eigenvalue weighted by Crippen LogP contribution is -2.30. The van der Waals surface area contributed by atoms with E-state index in [9.17, 15) is 4.79 Å². The first-order chi connectivity index (χ1) is 15.6. The third kappa shape index (κ3) is 3.74. The number of benzene rings is 1. The van der Waals surface area contributed by atoms with E-state index in [-0.39, 0.29) is 11.8 Å². The van der Waals surface area contributed by atoms with Crippen molar-refractivity contribution in [2.75, 3.05) is 7.05 Å². The summed E-state index contributed by atoms with van der Waals surface area (Å²) in [5.74, 6) is 0.602. The molecule has 32 heavy (non-hydrogen) atoms. The van der Waals surface area contributed by atoms with Gasteiger partial charge in [0, 0.05) is 30.4 Å². The molecule has 0 saturated heterocycles. The van der Waals surface area contributed by atoms with Crippen molar-refractivity contribution in [3.05, 3.63) is 64.0 Å². The zero-order chi connectivity index (χ0) is 22.2. The van der Waals surface area contributed by atoms with E-state index in [0.29, 0.717) is 5.92 Å². The summed E-state index contributed by atoms with van der Waals surface area (Å²) in [6.45, 7) is 5.17. The van der Waals surface area contributed by atoms with Crippen molar-refractivity contribution < 1.29 is 4.79 Å². The molecule has 2 aliphatic carbocycles. The molecule has 1 amide bonds. The van der Waals surface area contributed by atoms with Gasteiger partial charge in [0.15, 0.2) is 0 Å². The summed E-state index contributed by atoms with van der Waals surface area (Å²) in [4.78, 5) is 17.7. The predicted molar refractivity (Wildman–Crippen MR) is 130 cm³/mol. The highest BCUT2D eigenvalue weighted by atomic mass is 16.1. The van der Waals surface area contributed by atoms with Gasteiger partial charge in [-0.2, -0.15) is 0 Å². The van der Waals surface area contributed by atoms with E-state index in [1.807, 2.05) is 0 Å². The molecule has 4 heteroatoms. The SMILES string of the molecule is CNC(=O)C(c1ccc(Cn2c3c(c4c(C)cc(C)nc42)CCCC3)cc1)C1CCCC1. The molecule has 1 saturated carbocycles. The van der Waals surface area contributed by atoms with Crippen molar-refractivity contribution in [3.63, 3.8) is 0 Å². The second-order valence-corrected chi connectivity index (χ2v) is 9.88. The second-order valence-electron chi connectivity index (χ2n) is 9.88. The molecule has 0 aliphatic heterocycles. The number of nitrogens with zero attached hydrogens (tertiary/aromatic N) is 2. The average Bonchev–Trinajstić information content (AvgIpc) is 3.42. The number of carbonyl (C=O) groups excluding carboxylic acids is 1. The van der Waals surface area contributed by atoms with Crippen molar-refractivity contribution in [2.24, 2.45) is 5.92 Å². The molecular weight excluding hydrogens is 394 g/mol. The highest BCUT2D eigenvalue weighted by Gasteiger charge is 2.31. The van der Waals surface area contributed by atoms with Crippen LogP contribution in [0.2, 0.25) is 0 Å². The summed E-state index contributed by atoms with van der Waals surface area (Å²) in [5, 5.41) is 4.28. The first-order valence-electron chi connectivity index (χ1n) is 12.4. The van der Waals surface area contributed by atoms with E-state index in [1.165, 1.54) is 59.9 Å². The number of amides is 1. The Morgan fingerprint density at radius 2 is 1.81 bits per heavy atom. The summed E-state index contributed by atoms with van der Waals surface area (Å²) < 4.78 is 2.46. The van der Waals surface area contributed by atoms with Crippen LogP contribution < -0.4 is 5.32 Å². The fourth-order valence-electron chi connectivity index (χ4n) is 6.24. The molecule has 3 aromatic rings. The molecule has 5 rings (SSSR count). The Bertz CT molecular complexity index is 1140. The predicted octanol–water partition coefficient (Wildman–Crippen LogP) is 5.60. The van der Waals surface area contributed by atoms with Crippen LogP contribution in [0.15, 0.2) is 30.3 Å². The molecule has 0 bridgehead atoms. The van der Waals surface area contributed by atoms with Gasteiger partial charge >= 0.3 is 0 Å². The summed E-state index contributed by atoms with van der Waals surface area (Å²) in [6, 6.07) is 11.1. The monoisotopic (exact) mass is 429 g/mol. The summed E-state index contributed by atoms with van der Waals surface area (Å²) in [7, 11) is 1.76. The van der Waals surface area contributed by atoms with Crippen molar-refractivity contribution in [3.8, 4) is 0 Å². The molecule has 4 nitrogen and oxygen atoms in total. The topological polar surface area (TPSA) is 46.9 Å². The standard InChI is InChI=1S/C28H35N3O/c1-18-16-19(2)30-27-25(18)23-10-6-7-11-24(23)31(27)17-20-12-14-22(15-13-20)26(28(32)29-3)21-8-4-5-9-21/h12-16,21,26H,4-11,17H2,1-3H3,(H,29,32). The zero-order valence-electron chi connectivity index (χ0n) is 19.7. The van der Waals surface area contributed by atoms with Gasteiger partial charge in [0.05, 0.1) is 5.92 Å². The van der Waals surface area contributed by atoms with Gasteiger partial charge in [0.2, 0.25) is 5.91 Å². The quantitative estimate of drug-likeness (QED) is 0.574. The Balaban J connectivity index is 1.49. The lowest BCUT2D eigenvalue weighted by atomic mass is 9.84. The van der Waals surface area contributed by atoms with Gasteiger partial charge in [-0.25, -0.2) is 4.98 Å². The molecule has 1 N–H and O–H groups in total. The highest BCUT2D eigenvalue weighted by molar-refractivity contribution is 5.86. The van der Waals surface area contributed by atoms with E-state index < -0.39 is 0 Å². The zero-order valence-corrected chi connectivity index (χ0v) is 19.7. The first kappa shape index (κ1) is 21.2. The van der Waals surface area contributed by atoms with E-state index in [2.05, 4.69) is 54.1 Å². The minimum Gasteiger partial charge on any atom is -0.359 e. The van der Waals surface area contributed by atoms with Gasteiger partial charge in [-0.3, -0.25) is 4.79 Å². The van der Waals surface area contributed by atoms with Crippen LogP contribution in [0, 0.1) is 19.8 Å².